The van der Waals surface area contributed by atoms with Gasteiger partial charge in [0, 0.05) is 31.0 Å². The molecule has 1 unspecified atom stereocenters. The Labute approximate surface area is 199 Å². The Kier molecular flexibility index (Phi) is 5.69. The molecule has 0 aromatic carbocycles. The number of nitrogens with zero attached hydrogens (tertiary/aromatic N) is 7. The zero-order valence-electron chi connectivity index (χ0n) is 18.6. The molecule has 4 aromatic rings. The lowest BCUT2D eigenvalue weighted by Gasteiger charge is -2.14. The molecule has 4 aromatic heterocycles. The van der Waals surface area contributed by atoms with Crippen LogP contribution in [0.2, 0.25) is 0 Å². The molecule has 0 spiro atoms. The topological polar surface area (TPSA) is 132 Å². The van der Waals surface area contributed by atoms with Gasteiger partial charge in [-0.05, 0) is 44.5 Å². The molecule has 172 valence electrons. The van der Waals surface area contributed by atoms with Gasteiger partial charge in [0.05, 0.1) is 40.3 Å². The van der Waals surface area contributed by atoms with Crippen molar-refractivity contribution >= 4 is 28.4 Å². The van der Waals surface area contributed by atoms with Gasteiger partial charge in [-0.2, -0.15) is 10.4 Å². The molecular weight excluding hydrogens is 452 g/mol. The minimum absolute atomic E-state index is 0.148. The zero-order valence-corrected chi connectivity index (χ0v) is 19.5. The van der Waals surface area contributed by atoms with E-state index in [1.807, 2.05) is 32.0 Å². The van der Waals surface area contributed by atoms with E-state index in [0.29, 0.717) is 40.8 Å². The first-order valence-corrected chi connectivity index (χ1v) is 11.7. The Balaban J connectivity index is 1.50. The molecule has 1 amide bonds. The highest BCUT2D eigenvalue weighted by Crippen LogP contribution is 2.34. The first kappa shape index (κ1) is 21.9. The first-order chi connectivity index (χ1) is 16.4. The molecule has 1 aliphatic heterocycles. The molecule has 0 bridgehead atoms. The number of aromatic nitrogens is 5. The summed E-state index contributed by atoms with van der Waals surface area (Å²) in [6.07, 6.45) is 3.34. The molecule has 5 heterocycles. The third-order valence-corrected chi connectivity index (χ3v) is 6.47. The number of nitrogens with one attached hydrogen (secondary N) is 1. The molecule has 34 heavy (non-hydrogen) atoms. The zero-order chi connectivity index (χ0) is 23.8. The predicted octanol–water partition coefficient (Wildman–Crippen LogP) is 2.81. The second kappa shape index (κ2) is 8.81. The first-order valence-electron chi connectivity index (χ1n) is 10.9. The number of β-amino-alcohol motifs (C(OH)–C–C–N with tert-alkyl or cyclic N) is 1. The van der Waals surface area contributed by atoms with Crippen LogP contribution in [0.25, 0.3) is 27.5 Å². The Bertz CT molecular complexity index is 1420. The van der Waals surface area contributed by atoms with Gasteiger partial charge in [0.15, 0.2) is 5.01 Å². The smallest absolute Gasteiger partial charge is 0.284 e. The molecule has 0 radical (unpaired) electrons. The molecule has 11 heteroatoms. The maximum absolute atomic E-state index is 12.7. The fourth-order valence-corrected chi connectivity index (χ4v) is 4.77. The Hall–Kier alpha value is -3.88. The quantitative estimate of drug-likeness (QED) is 0.451. The monoisotopic (exact) mass is 474 g/mol. The van der Waals surface area contributed by atoms with Gasteiger partial charge in [-0.1, -0.05) is 11.3 Å². The van der Waals surface area contributed by atoms with Crippen LogP contribution >= 0.6 is 11.3 Å². The van der Waals surface area contributed by atoms with Crippen LogP contribution in [0.4, 0.5) is 5.69 Å². The molecule has 1 saturated heterocycles. The van der Waals surface area contributed by atoms with Gasteiger partial charge in [0.1, 0.15) is 6.07 Å². The number of hydrogen-bond donors (Lipinski definition) is 2. The molecule has 1 aliphatic rings. The molecule has 2 N–H and O–H groups in total. The van der Waals surface area contributed by atoms with E-state index in [1.165, 1.54) is 17.5 Å². The van der Waals surface area contributed by atoms with Crippen molar-refractivity contribution in [3.8, 4) is 28.0 Å². The second-order valence-corrected chi connectivity index (χ2v) is 9.41. The lowest BCUT2D eigenvalue weighted by atomic mass is 10.1. The minimum Gasteiger partial charge on any atom is -0.391 e. The number of carbonyl (C=O) groups is 1. The highest BCUT2D eigenvalue weighted by Gasteiger charge is 2.28. The summed E-state index contributed by atoms with van der Waals surface area (Å²) in [4.78, 5) is 19.0. The summed E-state index contributed by atoms with van der Waals surface area (Å²) >= 11 is 1.21. The van der Waals surface area contributed by atoms with Crippen molar-refractivity contribution in [2.24, 2.45) is 0 Å². The number of pyridine rings is 1. The van der Waals surface area contributed by atoms with Crippen LogP contribution in [0, 0.1) is 11.3 Å². The molecular formula is C23H22N8O2S. The van der Waals surface area contributed by atoms with Gasteiger partial charge in [-0.15, -0.1) is 10.2 Å². The molecule has 0 saturated carbocycles. The van der Waals surface area contributed by atoms with Gasteiger partial charge >= 0.3 is 0 Å². The molecule has 5 rings (SSSR count). The fraction of sp³-hybridized carbons (Fsp3) is 0.304. The molecule has 0 aliphatic carbocycles. The van der Waals surface area contributed by atoms with Crippen molar-refractivity contribution in [2.45, 2.75) is 32.4 Å². The van der Waals surface area contributed by atoms with Crippen molar-refractivity contribution in [1.29, 1.82) is 5.26 Å². The number of rotatable bonds is 5. The van der Waals surface area contributed by atoms with Gasteiger partial charge in [-0.25, -0.2) is 4.52 Å². The molecule has 1 atom stereocenters. The number of hydrogen-bond acceptors (Lipinski definition) is 9. The summed E-state index contributed by atoms with van der Waals surface area (Å²) in [5.41, 5.74) is 4.35. The lowest BCUT2D eigenvalue weighted by molar-refractivity contribution is 0.0763. The van der Waals surface area contributed by atoms with Crippen LogP contribution in [0.15, 0.2) is 36.7 Å². The lowest BCUT2D eigenvalue weighted by Crippen LogP contribution is -2.29. The summed E-state index contributed by atoms with van der Waals surface area (Å²) < 4.78 is 1.74. The number of aliphatic hydroxyl groups is 1. The fourth-order valence-electron chi connectivity index (χ4n) is 3.93. The van der Waals surface area contributed by atoms with Crippen molar-refractivity contribution in [1.82, 2.24) is 29.7 Å². The highest BCUT2D eigenvalue weighted by molar-refractivity contribution is 7.16. The van der Waals surface area contributed by atoms with Crippen LogP contribution in [0.1, 0.15) is 35.6 Å². The maximum atomic E-state index is 12.7. The number of aliphatic hydroxyl groups excluding tert-OH is 1. The van der Waals surface area contributed by atoms with Gasteiger partial charge in [0.2, 0.25) is 5.01 Å². The average molecular weight is 475 g/mol. The minimum atomic E-state index is -0.485. The number of likely N-dealkylation sites (tertiary alicyclic amines) is 1. The van der Waals surface area contributed by atoms with Crippen LogP contribution in [0.3, 0.4) is 0 Å². The Morgan fingerprint density at radius 3 is 2.88 bits per heavy atom. The van der Waals surface area contributed by atoms with E-state index in [0.717, 1.165) is 22.5 Å². The second-order valence-electron chi connectivity index (χ2n) is 8.43. The normalized spacial score (nSPS) is 15.7. The van der Waals surface area contributed by atoms with Gasteiger partial charge in [-0.3, -0.25) is 9.78 Å². The van der Waals surface area contributed by atoms with Crippen LogP contribution in [0.5, 0.6) is 0 Å². The molecule has 1 fully saturated rings. The number of fused-ring (bicyclic) bond motifs is 1. The summed E-state index contributed by atoms with van der Waals surface area (Å²) in [7, 11) is 0. The maximum Gasteiger partial charge on any atom is 0.284 e. The van der Waals surface area contributed by atoms with Crippen LogP contribution in [-0.2, 0) is 0 Å². The molecule has 10 nitrogen and oxygen atoms in total. The van der Waals surface area contributed by atoms with E-state index in [2.05, 4.69) is 31.7 Å². The van der Waals surface area contributed by atoms with Crippen molar-refractivity contribution in [3.05, 3.63) is 47.2 Å². The SMILES string of the molecule is CC(C)Nc1cc(-c2ccc3cc(C#N)cnn23)ncc1-c1nnc(C(=O)N2CCC(O)C2)s1. The number of carbonyl (C=O) groups excluding carboxylic acids is 1. The summed E-state index contributed by atoms with van der Waals surface area (Å²) in [5.74, 6) is -0.217. The van der Waals surface area contributed by atoms with Gasteiger partial charge < -0.3 is 15.3 Å². The van der Waals surface area contributed by atoms with E-state index in [4.69, 9.17) is 5.26 Å². The van der Waals surface area contributed by atoms with E-state index < -0.39 is 6.10 Å². The summed E-state index contributed by atoms with van der Waals surface area (Å²) in [6, 6.07) is 9.76. The van der Waals surface area contributed by atoms with E-state index in [1.54, 1.807) is 21.7 Å². The largest absolute Gasteiger partial charge is 0.391 e. The van der Waals surface area contributed by atoms with Gasteiger partial charge in [0.25, 0.3) is 5.91 Å². The number of anilines is 1. The Morgan fingerprint density at radius 2 is 2.15 bits per heavy atom. The van der Waals surface area contributed by atoms with E-state index in [9.17, 15) is 9.90 Å². The van der Waals surface area contributed by atoms with Crippen LogP contribution in [-0.4, -0.2) is 65.9 Å². The van der Waals surface area contributed by atoms with E-state index >= 15 is 0 Å². The van der Waals surface area contributed by atoms with Crippen LogP contribution < -0.4 is 5.32 Å². The third-order valence-electron chi connectivity index (χ3n) is 5.53. The predicted molar refractivity (Wildman–Crippen MR) is 127 cm³/mol. The third kappa shape index (κ3) is 4.09. The highest BCUT2D eigenvalue weighted by atomic mass is 32.1. The number of amides is 1. The van der Waals surface area contributed by atoms with Crippen molar-refractivity contribution < 1.29 is 9.90 Å². The Morgan fingerprint density at radius 1 is 1.29 bits per heavy atom. The van der Waals surface area contributed by atoms with Crippen molar-refractivity contribution in [3.63, 3.8) is 0 Å². The van der Waals surface area contributed by atoms with E-state index in [-0.39, 0.29) is 11.9 Å². The standard InChI is InChI=1S/C23H22N8O2S/c1-13(2)27-18-8-19(20-4-3-15-7-14(9-24)10-26-31(15)20)25-11-17(18)21-28-29-22(34-21)23(33)30-6-5-16(32)12-30/h3-4,7-8,10-11,13,16,32H,5-6,12H2,1-2H3,(H,25,27). The summed E-state index contributed by atoms with van der Waals surface area (Å²) in [6.45, 7) is 4.91. The average Bonchev–Trinajstić information content (AvgIpc) is 3.57. The summed E-state index contributed by atoms with van der Waals surface area (Å²) in [5, 5.41) is 35.9. The van der Waals surface area contributed by atoms with Crippen molar-refractivity contribution in [2.75, 3.05) is 18.4 Å². The number of nitriles is 1.